The van der Waals surface area contributed by atoms with Gasteiger partial charge in [0.05, 0.1) is 5.69 Å². The maximum atomic E-state index is 11.1. The van der Waals surface area contributed by atoms with Gasteiger partial charge in [0.25, 0.3) is 6.01 Å². The second-order valence-corrected chi connectivity index (χ2v) is 6.39. The SMILES string of the molecule is O=C(O)c1cc(Oc2ccc3nc(Nc4cccc5c4OCCO5)oc3c2)ccn1. The molecule has 2 N–H and O–H groups in total. The van der Waals surface area contributed by atoms with Gasteiger partial charge < -0.3 is 29.1 Å². The van der Waals surface area contributed by atoms with E-state index in [0.717, 1.165) is 0 Å². The van der Waals surface area contributed by atoms with Crippen LogP contribution in [-0.2, 0) is 0 Å². The van der Waals surface area contributed by atoms with Crippen LogP contribution in [0.25, 0.3) is 11.1 Å². The number of anilines is 2. The van der Waals surface area contributed by atoms with Crippen LogP contribution in [-0.4, -0.2) is 34.3 Å². The molecule has 9 nitrogen and oxygen atoms in total. The number of hydrogen-bond donors (Lipinski definition) is 2. The van der Waals surface area contributed by atoms with E-state index in [1.807, 2.05) is 18.2 Å². The van der Waals surface area contributed by atoms with E-state index in [1.54, 1.807) is 24.3 Å². The molecule has 0 bridgehead atoms. The molecular formula is C21H15N3O6. The van der Waals surface area contributed by atoms with Crippen molar-refractivity contribution in [3.63, 3.8) is 0 Å². The van der Waals surface area contributed by atoms with Crippen LogP contribution in [0.2, 0.25) is 0 Å². The lowest BCUT2D eigenvalue weighted by molar-refractivity contribution is 0.0690. The minimum Gasteiger partial charge on any atom is -0.486 e. The molecule has 30 heavy (non-hydrogen) atoms. The molecule has 150 valence electrons. The number of pyridine rings is 1. The van der Waals surface area contributed by atoms with Gasteiger partial charge >= 0.3 is 5.97 Å². The summed E-state index contributed by atoms with van der Waals surface area (Å²) >= 11 is 0. The molecule has 0 fully saturated rings. The quantitative estimate of drug-likeness (QED) is 0.503. The second kappa shape index (κ2) is 7.28. The number of aromatic nitrogens is 2. The van der Waals surface area contributed by atoms with Crippen LogP contribution >= 0.6 is 0 Å². The third-order valence-corrected chi connectivity index (χ3v) is 4.35. The summed E-state index contributed by atoms with van der Waals surface area (Å²) in [5, 5.41) is 12.2. The number of nitrogens with zero attached hydrogens (tertiary/aromatic N) is 2. The number of hydrogen-bond acceptors (Lipinski definition) is 8. The molecule has 0 atom stereocenters. The lowest BCUT2D eigenvalue weighted by atomic mass is 10.2. The van der Waals surface area contributed by atoms with E-state index in [-0.39, 0.29) is 5.69 Å². The molecule has 0 radical (unpaired) electrons. The molecule has 4 aromatic rings. The number of nitrogens with one attached hydrogen (secondary N) is 1. The Labute approximate surface area is 169 Å². The second-order valence-electron chi connectivity index (χ2n) is 6.39. The summed E-state index contributed by atoms with van der Waals surface area (Å²) in [5.74, 6) is 0.978. The molecule has 2 aromatic carbocycles. The molecule has 9 heteroatoms. The number of ether oxygens (including phenoxy) is 3. The van der Waals surface area contributed by atoms with Crippen LogP contribution in [0.1, 0.15) is 10.5 Å². The zero-order valence-electron chi connectivity index (χ0n) is 15.5. The molecule has 2 aromatic heterocycles. The maximum Gasteiger partial charge on any atom is 0.354 e. The van der Waals surface area contributed by atoms with Crippen LogP contribution in [0.15, 0.2) is 59.1 Å². The Morgan fingerprint density at radius 3 is 2.83 bits per heavy atom. The van der Waals surface area contributed by atoms with Crippen LogP contribution in [0.4, 0.5) is 11.7 Å². The first-order chi connectivity index (χ1) is 14.7. The Morgan fingerprint density at radius 1 is 1.07 bits per heavy atom. The summed E-state index contributed by atoms with van der Waals surface area (Å²) in [6.45, 7) is 0.978. The van der Waals surface area contributed by atoms with Gasteiger partial charge in [-0.3, -0.25) is 0 Å². The van der Waals surface area contributed by atoms with Crippen molar-refractivity contribution in [3.05, 3.63) is 60.4 Å². The van der Waals surface area contributed by atoms with Gasteiger partial charge in [-0.2, -0.15) is 4.98 Å². The largest absolute Gasteiger partial charge is 0.486 e. The Kier molecular flexibility index (Phi) is 4.32. The number of para-hydroxylation sites is 1. The fraction of sp³-hybridized carbons (Fsp3) is 0.0952. The summed E-state index contributed by atoms with van der Waals surface area (Å²) in [6.07, 6.45) is 1.38. The highest BCUT2D eigenvalue weighted by molar-refractivity contribution is 5.85. The number of benzene rings is 2. The van der Waals surface area contributed by atoms with Gasteiger partial charge in [0.15, 0.2) is 22.8 Å². The van der Waals surface area contributed by atoms with E-state index < -0.39 is 5.97 Å². The van der Waals surface area contributed by atoms with Crippen molar-refractivity contribution in [2.24, 2.45) is 0 Å². The van der Waals surface area contributed by atoms with Crippen molar-refractivity contribution < 1.29 is 28.5 Å². The summed E-state index contributed by atoms with van der Waals surface area (Å²) in [4.78, 5) is 19.3. The normalized spacial score (nSPS) is 12.5. The summed E-state index contributed by atoms with van der Waals surface area (Å²) in [6, 6.07) is 13.9. The first kappa shape index (κ1) is 17.8. The van der Waals surface area contributed by atoms with Gasteiger partial charge in [0.1, 0.15) is 30.2 Å². The van der Waals surface area contributed by atoms with Crippen molar-refractivity contribution in [1.29, 1.82) is 0 Å². The summed E-state index contributed by atoms with van der Waals surface area (Å²) in [7, 11) is 0. The molecular weight excluding hydrogens is 390 g/mol. The molecule has 5 rings (SSSR count). The van der Waals surface area contributed by atoms with E-state index in [0.29, 0.717) is 59.0 Å². The first-order valence-corrected chi connectivity index (χ1v) is 9.09. The zero-order valence-corrected chi connectivity index (χ0v) is 15.5. The predicted octanol–water partition coefficient (Wildman–Crippen LogP) is 4.23. The fourth-order valence-electron chi connectivity index (χ4n) is 3.04. The van der Waals surface area contributed by atoms with Crippen LogP contribution in [0.5, 0.6) is 23.0 Å². The van der Waals surface area contributed by atoms with Crippen molar-refractivity contribution in [2.45, 2.75) is 0 Å². The number of carbonyl (C=O) groups is 1. The molecule has 0 unspecified atom stereocenters. The zero-order chi connectivity index (χ0) is 20.5. The minimum atomic E-state index is -1.13. The molecule has 1 aliphatic rings. The molecule has 0 amide bonds. The molecule has 1 aliphatic heterocycles. The third-order valence-electron chi connectivity index (χ3n) is 4.35. The Bertz CT molecular complexity index is 1250. The maximum absolute atomic E-state index is 11.1. The molecule has 0 saturated heterocycles. The van der Waals surface area contributed by atoms with Gasteiger partial charge in [-0.15, -0.1) is 0 Å². The molecule has 0 saturated carbocycles. The van der Waals surface area contributed by atoms with Crippen LogP contribution in [0.3, 0.4) is 0 Å². The van der Waals surface area contributed by atoms with E-state index in [9.17, 15) is 4.79 Å². The Balaban J connectivity index is 1.40. The fourth-order valence-corrected chi connectivity index (χ4v) is 3.04. The molecule has 3 heterocycles. The lowest BCUT2D eigenvalue weighted by Gasteiger charge is -2.20. The highest BCUT2D eigenvalue weighted by Gasteiger charge is 2.17. The number of aromatic carboxylic acids is 1. The highest BCUT2D eigenvalue weighted by Crippen LogP contribution is 2.39. The van der Waals surface area contributed by atoms with Crippen molar-refractivity contribution in [1.82, 2.24) is 9.97 Å². The van der Waals surface area contributed by atoms with Crippen LogP contribution in [0, 0.1) is 0 Å². The average Bonchev–Trinajstić information content (AvgIpc) is 3.16. The number of carboxylic acid groups (broad SMARTS) is 1. The van der Waals surface area contributed by atoms with Crippen molar-refractivity contribution in [2.75, 3.05) is 18.5 Å². The van der Waals surface area contributed by atoms with E-state index >= 15 is 0 Å². The van der Waals surface area contributed by atoms with Gasteiger partial charge in [-0.1, -0.05) is 6.07 Å². The monoisotopic (exact) mass is 405 g/mol. The first-order valence-electron chi connectivity index (χ1n) is 9.09. The average molecular weight is 405 g/mol. The Hall–Kier alpha value is -4.27. The summed E-state index contributed by atoms with van der Waals surface area (Å²) in [5.41, 5.74) is 1.72. The number of oxazole rings is 1. The smallest absolute Gasteiger partial charge is 0.354 e. The van der Waals surface area contributed by atoms with E-state index in [1.165, 1.54) is 12.3 Å². The van der Waals surface area contributed by atoms with Gasteiger partial charge in [-0.05, 0) is 30.3 Å². The number of rotatable bonds is 5. The van der Waals surface area contributed by atoms with Gasteiger partial charge in [-0.25, -0.2) is 9.78 Å². The van der Waals surface area contributed by atoms with Gasteiger partial charge in [0, 0.05) is 18.3 Å². The predicted molar refractivity (Wildman–Crippen MR) is 106 cm³/mol. The lowest BCUT2D eigenvalue weighted by Crippen LogP contribution is -2.16. The summed E-state index contributed by atoms with van der Waals surface area (Å²) < 4.78 is 22.8. The Morgan fingerprint density at radius 2 is 1.93 bits per heavy atom. The topological polar surface area (TPSA) is 116 Å². The molecule has 0 spiro atoms. The van der Waals surface area contributed by atoms with E-state index in [2.05, 4.69) is 15.3 Å². The highest BCUT2D eigenvalue weighted by atomic mass is 16.6. The standard InChI is InChI=1S/C21H15N3O6/c25-20(26)16-10-13(6-7-22-16)29-12-4-5-14-18(11-12)30-21(23-14)24-15-2-1-3-17-19(15)28-9-8-27-17/h1-7,10-11H,8-9H2,(H,23,24)(H,25,26). The molecule has 0 aliphatic carbocycles. The third kappa shape index (κ3) is 3.44. The van der Waals surface area contributed by atoms with Crippen molar-refractivity contribution in [3.8, 4) is 23.0 Å². The van der Waals surface area contributed by atoms with Gasteiger partial charge in [0.2, 0.25) is 0 Å². The van der Waals surface area contributed by atoms with Crippen molar-refractivity contribution >= 4 is 28.8 Å². The number of carboxylic acids is 1. The minimum absolute atomic E-state index is 0.0999. The van der Waals surface area contributed by atoms with E-state index in [4.69, 9.17) is 23.7 Å². The number of fused-ring (bicyclic) bond motifs is 2. The van der Waals surface area contributed by atoms with Crippen LogP contribution < -0.4 is 19.5 Å².